The zero-order chi connectivity index (χ0) is 15.7. The van der Waals surface area contributed by atoms with Gasteiger partial charge in [-0.1, -0.05) is 19.0 Å². The Bertz CT molecular complexity index is 654. The second-order valence-electron chi connectivity index (χ2n) is 6.17. The molecule has 0 radical (unpaired) electrons. The van der Waals surface area contributed by atoms with E-state index in [2.05, 4.69) is 23.9 Å². The van der Waals surface area contributed by atoms with Crippen molar-refractivity contribution in [3.8, 4) is 0 Å². The van der Waals surface area contributed by atoms with E-state index in [1.165, 1.54) is 12.1 Å². The third kappa shape index (κ3) is 3.04. The summed E-state index contributed by atoms with van der Waals surface area (Å²) in [5, 5.41) is 4.17. The van der Waals surface area contributed by atoms with Crippen LogP contribution in [0.1, 0.15) is 55.7 Å². The van der Waals surface area contributed by atoms with E-state index in [1.54, 1.807) is 0 Å². The van der Waals surface area contributed by atoms with Crippen LogP contribution in [0.25, 0.3) is 0 Å². The average molecular weight is 306 g/mol. The van der Waals surface area contributed by atoms with Crippen molar-refractivity contribution in [1.82, 2.24) is 10.1 Å². The molecule has 5 heteroatoms. The Hall–Kier alpha value is -1.75. The maximum atomic E-state index is 13.8. The molecule has 0 amide bonds. The number of rotatable bonds is 4. The molecule has 3 rings (SSSR count). The number of likely N-dealkylation sites (tertiary alicyclic amines) is 1. The molecular formula is C17H20F2N2O. The molecular weight excluding hydrogens is 286 g/mol. The molecule has 1 atom stereocenters. The molecule has 1 aromatic heterocycles. The standard InChI is InChI=1S/C17H20F2N2O/c1-11(2)17-9-15(20-22-17)16-4-3-7-21(16)10-12-8-13(18)5-6-14(12)19/h5-6,8-9,11,16H,3-4,7,10H2,1-2H3/t16-/m0/s1. The van der Waals surface area contributed by atoms with E-state index >= 15 is 0 Å². The molecule has 0 N–H and O–H groups in total. The van der Waals surface area contributed by atoms with Crippen molar-refractivity contribution >= 4 is 0 Å². The van der Waals surface area contributed by atoms with Crippen LogP contribution in [0.2, 0.25) is 0 Å². The van der Waals surface area contributed by atoms with Gasteiger partial charge in [-0.2, -0.15) is 0 Å². The Morgan fingerprint density at radius 2 is 2.14 bits per heavy atom. The molecule has 118 valence electrons. The molecule has 22 heavy (non-hydrogen) atoms. The molecule has 2 aromatic rings. The highest BCUT2D eigenvalue weighted by Crippen LogP contribution is 2.34. The summed E-state index contributed by atoms with van der Waals surface area (Å²) in [6, 6.07) is 5.69. The Morgan fingerprint density at radius 3 is 2.86 bits per heavy atom. The van der Waals surface area contributed by atoms with Gasteiger partial charge >= 0.3 is 0 Å². The molecule has 1 saturated heterocycles. The quantitative estimate of drug-likeness (QED) is 0.837. The third-order valence-electron chi connectivity index (χ3n) is 4.20. The summed E-state index contributed by atoms with van der Waals surface area (Å²) in [4.78, 5) is 2.14. The lowest BCUT2D eigenvalue weighted by atomic mass is 10.1. The predicted molar refractivity (Wildman–Crippen MR) is 79.3 cm³/mol. The van der Waals surface area contributed by atoms with Crippen molar-refractivity contribution in [3.63, 3.8) is 0 Å². The van der Waals surface area contributed by atoms with Gasteiger partial charge in [0, 0.05) is 24.1 Å². The minimum atomic E-state index is -0.407. The van der Waals surface area contributed by atoms with E-state index in [-0.39, 0.29) is 17.8 Å². The highest BCUT2D eigenvalue weighted by Gasteiger charge is 2.29. The molecule has 1 aliphatic rings. The zero-order valence-electron chi connectivity index (χ0n) is 12.9. The lowest BCUT2D eigenvalue weighted by molar-refractivity contribution is 0.233. The summed E-state index contributed by atoms with van der Waals surface area (Å²) in [5.74, 6) is 0.376. The summed E-state index contributed by atoms with van der Waals surface area (Å²) in [6.07, 6.45) is 1.98. The molecule has 0 unspecified atom stereocenters. The van der Waals surface area contributed by atoms with Gasteiger partial charge in [-0.25, -0.2) is 8.78 Å². The van der Waals surface area contributed by atoms with Gasteiger partial charge in [-0.3, -0.25) is 4.90 Å². The summed E-state index contributed by atoms with van der Waals surface area (Å²) in [5.41, 5.74) is 1.28. The largest absolute Gasteiger partial charge is 0.361 e. The van der Waals surface area contributed by atoms with Crippen LogP contribution in [0.15, 0.2) is 28.8 Å². The van der Waals surface area contributed by atoms with Crippen molar-refractivity contribution in [2.45, 2.75) is 45.2 Å². The first-order valence-electron chi connectivity index (χ1n) is 7.69. The van der Waals surface area contributed by atoms with E-state index in [0.717, 1.165) is 36.9 Å². The average Bonchev–Trinajstić information content (AvgIpc) is 3.11. The van der Waals surface area contributed by atoms with Gasteiger partial charge < -0.3 is 4.52 Å². The van der Waals surface area contributed by atoms with Crippen molar-refractivity contribution in [2.75, 3.05) is 6.54 Å². The van der Waals surface area contributed by atoms with Crippen LogP contribution in [-0.2, 0) is 6.54 Å². The second-order valence-corrected chi connectivity index (χ2v) is 6.17. The fourth-order valence-electron chi connectivity index (χ4n) is 2.97. The highest BCUT2D eigenvalue weighted by atomic mass is 19.1. The Morgan fingerprint density at radius 1 is 1.32 bits per heavy atom. The molecule has 0 saturated carbocycles. The van der Waals surface area contributed by atoms with Crippen LogP contribution in [0.5, 0.6) is 0 Å². The van der Waals surface area contributed by atoms with Gasteiger partial charge in [-0.05, 0) is 37.6 Å². The summed E-state index contributed by atoms with van der Waals surface area (Å²) in [7, 11) is 0. The molecule has 0 aliphatic carbocycles. The minimum absolute atomic E-state index is 0.110. The molecule has 1 fully saturated rings. The van der Waals surface area contributed by atoms with Gasteiger partial charge in [0.1, 0.15) is 23.1 Å². The number of aromatic nitrogens is 1. The Labute approximate surface area is 128 Å². The van der Waals surface area contributed by atoms with E-state index in [1.807, 2.05) is 6.07 Å². The van der Waals surface area contributed by atoms with Gasteiger partial charge in [0.05, 0.1) is 6.04 Å². The fraction of sp³-hybridized carbons (Fsp3) is 0.471. The van der Waals surface area contributed by atoms with Crippen molar-refractivity contribution in [2.24, 2.45) is 0 Å². The molecule has 1 aliphatic heterocycles. The molecule has 3 nitrogen and oxygen atoms in total. The highest BCUT2D eigenvalue weighted by molar-refractivity contribution is 5.20. The number of hydrogen-bond donors (Lipinski definition) is 0. The number of nitrogens with zero attached hydrogens (tertiary/aromatic N) is 2. The first-order valence-corrected chi connectivity index (χ1v) is 7.69. The van der Waals surface area contributed by atoms with Crippen LogP contribution >= 0.6 is 0 Å². The smallest absolute Gasteiger partial charge is 0.139 e. The molecule has 1 aromatic carbocycles. The SMILES string of the molecule is CC(C)c1cc([C@@H]2CCCN2Cc2cc(F)ccc2F)no1. The van der Waals surface area contributed by atoms with Crippen LogP contribution in [0.4, 0.5) is 8.78 Å². The lowest BCUT2D eigenvalue weighted by Crippen LogP contribution is -2.23. The molecule has 2 heterocycles. The lowest BCUT2D eigenvalue weighted by Gasteiger charge is -2.22. The summed E-state index contributed by atoms with van der Waals surface area (Å²) < 4.78 is 32.5. The van der Waals surface area contributed by atoms with E-state index in [4.69, 9.17) is 4.52 Å². The topological polar surface area (TPSA) is 29.3 Å². The van der Waals surface area contributed by atoms with Crippen LogP contribution in [-0.4, -0.2) is 16.6 Å². The van der Waals surface area contributed by atoms with Gasteiger partial charge in [-0.15, -0.1) is 0 Å². The summed E-state index contributed by atoms with van der Waals surface area (Å²) in [6.45, 7) is 5.35. The van der Waals surface area contributed by atoms with Crippen molar-refractivity contribution < 1.29 is 13.3 Å². The second kappa shape index (κ2) is 6.16. The first kappa shape index (κ1) is 15.2. The summed E-state index contributed by atoms with van der Waals surface area (Å²) >= 11 is 0. The Balaban J connectivity index is 1.79. The molecule has 0 spiro atoms. The monoisotopic (exact) mass is 306 g/mol. The van der Waals surface area contributed by atoms with Gasteiger partial charge in [0.2, 0.25) is 0 Å². The third-order valence-corrected chi connectivity index (χ3v) is 4.20. The van der Waals surface area contributed by atoms with Crippen LogP contribution < -0.4 is 0 Å². The van der Waals surface area contributed by atoms with Crippen molar-refractivity contribution in [3.05, 3.63) is 52.9 Å². The number of benzene rings is 1. The maximum absolute atomic E-state index is 13.8. The fourth-order valence-corrected chi connectivity index (χ4v) is 2.97. The van der Waals surface area contributed by atoms with E-state index < -0.39 is 5.82 Å². The maximum Gasteiger partial charge on any atom is 0.139 e. The minimum Gasteiger partial charge on any atom is -0.361 e. The van der Waals surface area contributed by atoms with Gasteiger partial charge in [0.15, 0.2) is 0 Å². The Kier molecular flexibility index (Phi) is 4.25. The number of hydrogen-bond acceptors (Lipinski definition) is 3. The zero-order valence-corrected chi connectivity index (χ0v) is 12.9. The van der Waals surface area contributed by atoms with E-state index in [9.17, 15) is 8.78 Å². The van der Waals surface area contributed by atoms with Crippen LogP contribution in [0, 0.1) is 11.6 Å². The normalized spacial score (nSPS) is 19.2. The van der Waals surface area contributed by atoms with Crippen molar-refractivity contribution in [1.29, 1.82) is 0 Å². The predicted octanol–water partition coefficient (Wildman–Crippen LogP) is 4.41. The van der Waals surface area contributed by atoms with Crippen LogP contribution in [0.3, 0.4) is 0 Å². The molecule has 0 bridgehead atoms. The number of halogens is 2. The first-order chi connectivity index (χ1) is 10.5. The van der Waals surface area contributed by atoms with E-state index in [0.29, 0.717) is 12.1 Å². The van der Waals surface area contributed by atoms with Gasteiger partial charge in [0.25, 0.3) is 0 Å².